The molecule has 0 aromatic rings. The van der Waals surface area contributed by atoms with Crippen LogP contribution in [0.15, 0.2) is 24.8 Å². The second-order valence-electron chi connectivity index (χ2n) is 2.40. The van der Waals surface area contributed by atoms with Crippen molar-refractivity contribution in [3.8, 4) is 0 Å². The van der Waals surface area contributed by atoms with Gasteiger partial charge in [-0.05, 0) is 0 Å². The Morgan fingerprint density at radius 3 is 2.23 bits per heavy atom. The molecule has 0 aromatic carbocycles. The Bertz CT molecular complexity index is 300. The van der Waals surface area contributed by atoms with Crippen molar-refractivity contribution in [3.63, 3.8) is 0 Å². The predicted molar refractivity (Wildman–Crippen MR) is 42.6 cm³/mol. The number of aliphatic carboxylic acids is 1. The van der Waals surface area contributed by atoms with Crippen molar-refractivity contribution in [1.82, 2.24) is 4.90 Å². The molecule has 5 heteroatoms. The van der Waals surface area contributed by atoms with Crippen LogP contribution in [0.1, 0.15) is 0 Å². The van der Waals surface area contributed by atoms with Crippen LogP contribution in [-0.2, 0) is 14.4 Å². The zero-order chi connectivity index (χ0) is 10.0. The number of amides is 2. The van der Waals surface area contributed by atoms with E-state index in [0.717, 1.165) is 18.2 Å². The third kappa shape index (κ3) is 1.48. The highest BCUT2D eigenvalue weighted by Crippen LogP contribution is 2.09. The van der Waals surface area contributed by atoms with E-state index in [1.54, 1.807) is 0 Å². The number of carboxylic acids is 1. The predicted octanol–water partition coefficient (Wildman–Crippen LogP) is -0.449. The maximum atomic E-state index is 11.0. The molecule has 1 N–H and O–H groups in total. The minimum Gasteiger partial charge on any atom is -0.479 e. The lowest BCUT2D eigenvalue weighted by Crippen LogP contribution is -2.43. The van der Waals surface area contributed by atoms with E-state index in [2.05, 4.69) is 6.58 Å². The van der Waals surface area contributed by atoms with Gasteiger partial charge >= 0.3 is 5.97 Å². The molecule has 0 aromatic heterocycles. The fourth-order valence-electron chi connectivity index (χ4n) is 1.00. The molecule has 2 amide bonds. The highest BCUT2D eigenvalue weighted by Gasteiger charge is 2.33. The van der Waals surface area contributed by atoms with Crippen LogP contribution >= 0.6 is 0 Å². The van der Waals surface area contributed by atoms with Gasteiger partial charge in [0.05, 0.1) is 0 Å². The fraction of sp³-hybridized carbons (Fsp3) is 0.125. The van der Waals surface area contributed by atoms with Crippen molar-refractivity contribution in [2.24, 2.45) is 0 Å². The number of nitrogens with zero attached hydrogens (tertiary/aromatic N) is 1. The Balaban J connectivity index is 2.93. The Morgan fingerprint density at radius 2 is 1.92 bits per heavy atom. The van der Waals surface area contributed by atoms with E-state index in [9.17, 15) is 14.4 Å². The fourth-order valence-corrected chi connectivity index (χ4v) is 1.00. The average molecular weight is 181 g/mol. The van der Waals surface area contributed by atoms with Crippen molar-refractivity contribution in [2.45, 2.75) is 6.04 Å². The van der Waals surface area contributed by atoms with E-state index in [-0.39, 0.29) is 0 Å². The summed E-state index contributed by atoms with van der Waals surface area (Å²) in [6, 6.07) is -1.28. The summed E-state index contributed by atoms with van der Waals surface area (Å²) >= 11 is 0. The van der Waals surface area contributed by atoms with Crippen LogP contribution < -0.4 is 0 Å². The van der Waals surface area contributed by atoms with Gasteiger partial charge in [-0.15, -0.1) is 6.58 Å². The Hall–Kier alpha value is -1.91. The van der Waals surface area contributed by atoms with Crippen LogP contribution in [-0.4, -0.2) is 33.8 Å². The topological polar surface area (TPSA) is 74.7 Å². The quantitative estimate of drug-likeness (QED) is 0.472. The van der Waals surface area contributed by atoms with E-state index >= 15 is 0 Å². The highest BCUT2D eigenvalue weighted by molar-refractivity contribution is 6.15. The molecule has 13 heavy (non-hydrogen) atoms. The second kappa shape index (κ2) is 3.22. The summed E-state index contributed by atoms with van der Waals surface area (Å²) in [5.41, 5.74) is 0. The summed E-state index contributed by atoms with van der Waals surface area (Å²) in [6.07, 6.45) is 3.09. The van der Waals surface area contributed by atoms with E-state index in [1.807, 2.05) is 0 Å². The van der Waals surface area contributed by atoms with E-state index in [0.29, 0.717) is 4.90 Å². The summed E-state index contributed by atoms with van der Waals surface area (Å²) in [4.78, 5) is 33.2. The molecule has 1 unspecified atom stereocenters. The van der Waals surface area contributed by atoms with Crippen LogP contribution in [0.5, 0.6) is 0 Å². The number of carbonyl (C=O) groups is 3. The third-order valence-electron chi connectivity index (χ3n) is 1.60. The minimum atomic E-state index is -1.28. The lowest BCUT2D eigenvalue weighted by Gasteiger charge is -2.18. The molecule has 1 aliphatic heterocycles. The van der Waals surface area contributed by atoms with Crippen molar-refractivity contribution in [3.05, 3.63) is 24.8 Å². The number of imide groups is 1. The lowest BCUT2D eigenvalue weighted by molar-refractivity contribution is -0.151. The van der Waals surface area contributed by atoms with Crippen molar-refractivity contribution in [2.75, 3.05) is 0 Å². The maximum Gasteiger partial charge on any atom is 0.330 e. The van der Waals surface area contributed by atoms with Gasteiger partial charge in [0.25, 0.3) is 11.8 Å². The van der Waals surface area contributed by atoms with E-state index < -0.39 is 23.8 Å². The molecule has 0 saturated heterocycles. The first-order valence-electron chi connectivity index (χ1n) is 3.48. The van der Waals surface area contributed by atoms with Gasteiger partial charge in [0, 0.05) is 12.2 Å². The van der Waals surface area contributed by atoms with Gasteiger partial charge in [0.2, 0.25) is 0 Å². The molecule has 1 rings (SSSR count). The van der Waals surface area contributed by atoms with E-state index in [4.69, 9.17) is 5.11 Å². The summed E-state index contributed by atoms with van der Waals surface area (Å²) in [7, 11) is 0. The van der Waals surface area contributed by atoms with Gasteiger partial charge in [-0.1, -0.05) is 6.08 Å². The molecule has 68 valence electrons. The average Bonchev–Trinajstić information content (AvgIpc) is 2.36. The first-order valence-corrected chi connectivity index (χ1v) is 3.48. The van der Waals surface area contributed by atoms with Crippen LogP contribution in [0.3, 0.4) is 0 Å². The molecule has 0 saturated carbocycles. The van der Waals surface area contributed by atoms with Crippen LogP contribution in [0, 0.1) is 0 Å². The van der Waals surface area contributed by atoms with Crippen LogP contribution in [0.2, 0.25) is 0 Å². The molecular formula is C8H7NO4. The number of rotatable bonds is 3. The normalized spacial score (nSPS) is 17.7. The first-order chi connectivity index (χ1) is 6.07. The molecule has 0 fully saturated rings. The Labute approximate surface area is 73.9 Å². The zero-order valence-electron chi connectivity index (χ0n) is 6.64. The Kier molecular flexibility index (Phi) is 2.27. The number of carbonyl (C=O) groups excluding carboxylic acids is 2. The number of carboxylic acid groups (broad SMARTS) is 1. The van der Waals surface area contributed by atoms with Crippen molar-refractivity contribution >= 4 is 17.8 Å². The van der Waals surface area contributed by atoms with Gasteiger partial charge in [-0.2, -0.15) is 0 Å². The zero-order valence-corrected chi connectivity index (χ0v) is 6.64. The molecule has 1 atom stereocenters. The Morgan fingerprint density at radius 1 is 1.46 bits per heavy atom. The summed E-state index contributed by atoms with van der Waals surface area (Å²) in [5, 5.41) is 8.62. The maximum absolute atomic E-state index is 11.0. The minimum absolute atomic E-state index is 0.627. The molecule has 0 aliphatic carbocycles. The standard InChI is InChI=1S/C8H7NO4/c1-2-5(8(12)13)9-6(10)3-4-7(9)11/h2-5H,1H2,(H,12,13). The number of hydrogen-bond acceptors (Lipinski definition) is 3. The lowest BCUT2D eigenvalue weighted by atomic mass is 10.2. The monoisotopic (exact) mass is 181 g/mol. The molecule has 0 bridgehead atoms. The third-order valence-corrected chi connectivity index (χ3v) is 1.60. The van der Waals surface area contributed by atoms with Crippen LogP contribution in [0.25, 0.3) is 0 Å². The molecule has 0 spiro atoms. The summed E-state index contributed by atoms with van der Waals surface area (Å²) in [5.74, 6) is -2.53. The van der Waals surface area contributed by atoms with Gasteiger partial charge in [-0.25, -0.2) is 4.79 Å². The summed E-state index contributed by atoms with van der Waals surface area (Å²) in [6.45, 7) is 3.24. The van der Waals surface area contributed by atoms with Gasteiger partial charge in [0.1, 0.15) is 0 Å². The van der Waals surface area contributed by atoms with Crippen molar-refractivity contribution < 1.29 is 19.5 Å². The van der Waals surface area contributed by atoms with Crippen LogP contribution in [0.4, 0.5) is 0 Å². The second-order valence-corrected chi connectivity index (χ2v) is 2.40. The highest BCUT2D eigenvalue weighted by atomic mass is 16.4. The molecule has 0 radical (unpaired) electrons. The summed E-state index contributed by atoms with van der Waals surface area (Å²) < 4.78 is 0. The first kappa shape index (κ1) is 9.18. The smallest absolute Gasteiger partial charge is 0.330 e. The molecule has 5 nitrogen and oxygen atoms in total. The largest absolute Gasteiger partial charge is 0.479 e. The van der Waals surface area contributed by atoms with Crippen molar-refractivity contribution in [1.29, 1.82) is 0 Å². The molecule has 1 aliphatic rings. The SMILES string of the molecule is C=CC(C(=O)O)N1C(=O)C=CC1=O. The van der Waals surface area contributed by atoms with Gasteiger partial charge in [0.15, 0.2) is 6.04 Å². The van der Waals surface area contributed by atoms with E-state index in [1.165, 1.54) is 0 Å². The number of hydrogen-bond donors (Lipinski definition) is 1. The van der Waals surface area contributed by atoms with Gasteiger partial charge in [-0.3, -0.25) is 14.5 Å². The molecule has 1 heterocycles. The molecular weight excluding hydrogens is 174 g/mol. The van der Waals surface area contributed by atoms with Gasteiger partial charge < -0.3 is 5.11 Å².